The average Bonchev–Trinajstić information content (AvgIpc) is 1.63. The summed E-state index contributed by atoms with van der Waals surface area (Å²) in [7, 11) is 1.65. The lowest BCUT2D eigenvalue weighted by atomic mass is 10.5. The number of thiocarbonyl (C=S) groups is 1. The Morgan fingerprint density at radius 1 is 1.78 bits per heavy atom. The van der Waals surface area contributed by atoms with E-state index in [9.17, 15) is 4.79 Å². The van der Waals surface area contributed by atoms with Crippen molar-refractivity contribution >= 4 is 23.2 Å². The first kappa shape index (κ1) is 8.36. The van der Waals surface area contributed by atoms with E-state index < -0.39 is 5.97 Å². The maximum atomic E-state index is 10.0. The Morgan fingerprint density at radius 2 is 2.22 bits per heavy atom. The Balaban J connectivity index is 3.63. The van der Waals surface area contributed by atoms with Gasteiger partial charge in [-0.2, -0.15) is 0 Å². The van der Waals surface area contributed by atoms with Gasteiger partial charge in [0.1, 0.15) is 6.54 Å². The van der Waals surface area contributed by atoms with E-state index in [0.29, 0.717) is 4.99 Å². The molecule has 0 heterocycles. The van der Waals surface area contributed by atoms with Crippen LogP contribution in [0.3, 0.4) is 0 Å². The molecule has 52 valence electrons. The Kier molecular flexibility index (Phi) is 3.16. The molecule has 0 aliphatic heterocycles. The van der Waals surface area contributed by atoms with Gasteiger partial charge in [-0.1, -0.05) is 12.2 Å². The fraction of sp³-hybridized carbons (Fsp3) is 0.600. The van der Waals surface area contributed by atoms with Crippen LogP contribution in [0.15, 0.2) is 0 Å². The highest BCUT2D eigenvalue weighted by Gasteiger charge is 2.02. The van der Waals surface area contributed by atoms with Crippen LogP contribution in [0.2, 0.25) is 0 Å². The second kappa shape index (κ2) is 3.40. The first-order valence-corrected chi connectivity index (χ1v) is 2.88. The Labute approximate surface area is 59.3 Å². The van der Waals surface area contributed by atoms with Crippen LogP contribution in [0.1, 0.15) is 6.92 Å². The van der Waals surface area contributed by atoms with E-state index >= 15 is 0 Å². The highest BCUT2D eigenvalue weighted by atomic mass is 32.1. The molecule has 0 radical (unpaired) electrons. The largest absolute Gasteiger partial charge is 0.480 e. The van der Waals surface area contributed by atoms with E-state index in [1.165, 1.54) is 4.90 Å². The summed E-state index contributed by atoms with van der Waals surface area (Å²) >= 11 is 4.70. The van der Waals surface area contributed by atoms with E-state index in [1.807, 2.05) is 0 Å². The van der Waals surface area contributed by atoms with E-state index in [1.54, 1.807) is 14.0 Å². The van der Waals surface area contributed by atoms with Crippen molar-refractivity contribution in [2.24, 2.45) is 0 Å². The lowest BCUT2D eigenvalue weighted by Gasteiger charge is -2.12. The second-order valence-electron chi connectivity index (χ2n) is 1.77. The third-order valence-electron chi connectivity index (χ3n) is 0.910. The van der Waals surface area contributed by atoms with Gasteiger partial charge < -0.3 is 10.0 Å². The van der Waals surface area contributed by atoms with Crippen LogP contribution in [0, 0.1) is 0 Å². The predicted octanol–water partition coefficient (Wildman–Crippen LogP) is 0.350. The van der Waals surface area contributed by atoms with Crippen molar-refractivity contribution in [1.29, 1.82) is 0 Å². The van der Waals surface area contributed by atoms with Gasteiger partial charge in [0.25, 0.3) is 0 Å². The minimum absolute atomic E-state index is 0.0185. The van der Waals surface area contributed by atoms with Gasteiger partial charge in [-0.3, -0.25) is 4.79 Å². The average molecular weight is 147 g/mol. The monoisotopic (exact) mass is 147 g/mol. The molecule has 0 saturated carbocycles. The van der Waals surface area contributed by atoms with Crippen LogP contribution in [0.25, 0.3) is 0 Å². The van der Waals surface area contributed by atoms with E-state index in [0.717, 1.165) is 0 Å². The van der Waals surface area contributed by atoms with Crippen LogP contribution < -0.4 is 0 Å². The molecule has 0 atom stereocenters. The highest BCUT2D eigenvalue weighted by molar-refractivity contribution is 7.80. The van der Waals surface area contributed by atoms with Crippen molar-refractivity contribution in [2.45, 2.75) is 6.92 Å². The Morgan fingerprint density at radius 3 is 2.33 bits per heavy atom. The van der Waals surface area contributed by atoms with Gasteiger partial charge >= 0.3 is 5.97 Å². The molecule has 0 bridgehead atoms. The maximum absolute atomic E-state index is 10.0. The summed E-state index contributed by atoms with van der Waals surface area (Å²) in [5.41, 5.74) is 0. The molecular weight excluding hydrogens is 138 g/mol. The number of carboxylic acid groups (broad SMARTS) is 1. The van der Waals surface area contributed by atoms with Gasteiger partial charge in [0.2, 0.25) is 0 Å². The number of likely N-dealkylation sites (N-methyl/N-ethyl adjacent to an activating group) is 1. The van der Waals surface area contributed by atoms with Crippen molar-refractivity contribution in [3.8, 4) is 0 Å². The van der Waals surface area contributed by atoms with Gasteiger partial charge in [-0.15, -0.1) is 0 Å². The van der Waals surface area contributed by atoms with Crippen LogP contribution in [0.5, 0.6) is 0 Å². The van der Waals surface area contributed by atoms with Crippen molar-refractivity contribution in [1.82, 2.24) is 4.90 Å². The number of carboxylic acids is 1. The number of aliphatic carboxylic acids is 1. The Bertz CT molecular complexity index is 135. The molecule has 0 aliphatic carbocycles. The third-order valence-corrected chi connectivity index (χ3v) is 1.22. The third kappa shape index (κ3) is 3.90. The van der Waals surface area contributed by atoms with Gasteiger partial charge in [-0.25, -0.2) is 0 Å². The molecule has 0 unspecified atom stereocenters. The Hall–Kier alpha value is -0.640. The zero-order valence-electron chi connectivity index (χ0n) is 5.42. The summed E-state index contributed by atoms with van der Waals surface area (Å²) in [6.07, 6.45) is 0. The molecule has 0 spiro atoms. The first-order chi connectivity index (χ1) is 4.04. The van der Waals surface area contributed by atoms with Crippen LogP contribution in [-0.2, 0) is 4.79 Å². The predicted molar refractivity (Wildman–Crippen MR) is 38.5 cm³/mol. The van der Waals surface area contributed by atoms with Gasteiger partial charge in [0, 0.05) is 7.05 Å². The molecule has 0 saturated heterocycles. The zero-order chi connectivity index (χ0) is 7.44. The van der Waals surface area contributed by atoms with Crippen molar-refractivity contribution in [2.75, 3.05) is 13.6 Å². The molecule has 0 rings (SSSR count). The SMILES string of the molecule is CC(=S)N(C)CC(=O)O. The van der Waals surface area contributed by atoms with Crippen molar-refractivity contribution in [3.05, 3.63) is 0 Å². The quantitative estimate of drug-likeness (QED) is 0.572. The van der Waals surface area contributed by atoms with Crippen LogP contribution >= 0.6 is 12.2 Å². The zero-order valence-corrected chi connectivity index (χ0v) is 6.23. The van der Waals surface area contributed by atoms with E-state index in [-0.39, 0.29) is 6.54 Å². The molecule has 9 heavy (non-hydrogen) atoms. The standard InChI is InChI=1S/C5H9NO2S/c1-4(9)6(2)3-5(7)8/h3H2,1-2H3,(H,7,8). The molecule has 3 nitrogen and oxygen atoms in total. The first-order valence-electron chi connectivity index (χ1n) is 2.47. The minimum Gasteiger partial charge on any atom is -0.480 e. The number of rotatable bonds is 2. The molecule has 1 N–H and O–H groups in total. The van der Waals surface area contributed by atoms with Gasteiger partial charge in [0.15, 0.2) is 0 Å². The minimum atomic E-state index is -0.860. The number of nitrogens with zero attached hydrogens (tertiary/aromatic N) is 1. The fourth-order valence-electron chi connectivity index (χ4n) is 0.314. The molecule has 4 heteroatoms. The summed E-state index contributed by atoms with van der Waals surface area (Å²) < 4.78 is 0. The summed E-state index contributed by atoms with van der Waals surface area (Å²) in [4.78, 5) is 12.1. The molecule has 0 aliphatic rings. The fourth-order valence-corrected chi connectivity index (χ4v) is 0.379. The molecule has 0 amide bonds. The van der Waals surface area contributed by atoms with E-state index in [2.05, 4.69) is 0 Å². The number of hydrogen-bond donors (Lipinski definition) is 1. The van der Waals surface area contributed by atoms with Crippen LogP contribution in [0.4, 0.5) is 0 Å². The summed E-state index contributed by atoms with van der Waals surface area (Å²) in [6.45, 7) is 1.67. The summed E-state index contributed by atoms with van der Waals surface area (Å²) in [5, 5.41) is 8.23. The molecule has 0 aromatic rings. The van der Waals surface area contributed by atoms with E-state index in [4.69, 9.17) is 17.3 Å². The molecular formula is C5H9NO2S. The molecule has 0 aromatic heterocycles. The van der Waals surface area contributed by atoms with Crippen LogP contribution in [-0.4, -0.2) is 34.6 Å². The van der Waals surface area contributed by atoms with Gasteiger partial charge in [-0.05, 0) is 6.92 Å². The lowest BCUT2D eigenvalue weighted by molar-refractivity contribution is -0.137. The number of hydrogen-bond acceptors (Lipinski definition) is 2. The van der Waals surface area contributed by atoms with Crippen molar-refractivity contribution < 1.29 is 9.90 Å². The maximum Gasteiger partial charge on any atom is 0.323 e. The summed E-state index contributed by atoms with van der Waals surface area (Å²) in [5.74, 6) is -0.860. The summed E-state index contributed by atoms with van der Waals surface area (Å²) in [6, 6.07) is 0. The van der Waals surface area contributed by atoms with Crippen molar-refractivity contribution in [3.63, 3.8) is 0 Å². The topological polar surface area (TPSA) is 40.5 Å². The smallest absolute Gasteiger partial charge is 0.323 e. The second-order valence-corrected chi connectivity index (χ2v) is 2.36. The number of carbonyl (C=O) groups is 1. The highest BCUT2D eigenvalue weighted by Crippen LogP contribution is 1.84. The lowest BCUT2D eigenvalue weighted by Crippen LogP contribution is -2.28. The molecule has 0 aromatic carbocycles. The normalized spacial score (nSPS) is 8.67. The molecule has 0 fully saturated rings. The van der Waals surface area contributed by atoms with Gasteiger partial charge in [0.05, 0.1) is 4.99 Å².